The molecule has 2 aliphatic rings. The molecule has 0 amide bonds. The maximum Gasteiger partial charge on any atom is 0.150 e. The largest absolute Gasteiger partial charge is 0.315 e. The minimum atomic E-state index is -2.73. The standard InChI is InChI=1S/C14H19NO2S2/c16-19(17)6-5-11(10-19)8-15-9-13-7-12-3-1-2-4-14(12)18-13/h1-4,11,13,15H,5-10H2. The fourth-order valence-corrected chi connectivity index (χ4v) is 5.99. The van der Waals surface area contributed by atoms with E-state index in [1.807, 2.05) is 11.8 Å². The Hall–Kier alpha value is -0.520. The van der Waals surface area contributed by atoms with Crippen LogP contribution in [0.4, 0.5) is 0 Å². The van der Waals surface area contributed by atoms with Gasteiger partial charge in [-0.3, -0.25) is 0 Å². The third-order valence-corrected chi connectivity index (χ3v) is 7.00. The maximum absolute atomic E-state index is 11.4. The second-order valence-electron chi connectivity index (χ2n) is 5.48. The summed E-state index contributed by atoms with van der Waals surface area (Å²) in [6.45, 7) is 1.81. The van der Waals surface area contributed by atoms with E-state index in [0.29, 0.717) is 22.7 Å². The highest BCUT2D eigenvalue weighted by Gasteiger charge is 2.28. The van der Waals surface area contributed by atoms with Gasteiger partial charge in [0.25, 0.3) is 0 Å². The molecule has 1 aromatic carbocycles. The molecular weight excluding hydrogens is 278 g/mol. The summed E-state index contributed by atoms with van der Waals surface area (Å²) in [4.78, 5) is 1.40. The Morgan fingerprint density at radius 2 is 2.11 bits per heavy atom. The van der Waals surface area contributed by atoms with Crippen molar-refractivity contribution < 1.29 is 8.42 Å². The van der Waals surface area contributed by atoms with Gasteiger partial charge in [-0.2, -0.15) is 0 Å². The van der Waals surface area contributed by atoms with E-state index in [9.17, 15) is 8.42 Å². The molecule has 1 fully saturated rings. The van der Waals surface area contributed by atoms with Crippen LogP contribution >= 0.6 is 11.8 Å². The first-order chi connectivity index (χ1) is 9.12. The lowest BCUT2D eigenvalue weighted by atomic mass is 10.1. The van der Waals surface area contributed by atoms with Gasteiger partial charge in [-0.1, -0.05) is 18.2 Å². The van der Waals surface area contributed by atoms with Crippen LogP contribution in [-0.2, 0) is 16.3 Å². The van der Waals surface area contributed by atoms with Gasteiger partial charge in [-0.25, -0.2) is 8.42 Å². The topological polar surface area (TPSA) is 46.2 Å². The summed E-state index contributed by atoms with van der Waals surface area (Å²) in [5.41, 5.74) is 1.45. The number of hydrogen-bond donors (Lipinski definition) is 1. The minimum absolute atomic E-state index is 0.318. The molecule has 104 valence electrons. The quantitative estimate of drug-likeness (QED) is 0.919. The molecule has 0 saturated carbocycles. The number of thioether (sulfide) groups is 1. The number of sulfone groups is 1. The van der Waals surface area contributed by atoms with Gasteiger partial charge in [0.15, 0.2) is 9.84 Å². The Bertz CT molecular complexity index is 531. The van der Waals surface area contributed by atoms with E-state index in [4.69, 9.17) is 0 Å². The molecule has 0 spiro atoms. The van der Waals surface area contributed by atoms with Crippen LogP contribution in [-0.4, -0.2) is 38.3 Å². The summed E-state index contributed by atoms with van der Waals surface area (Å²) < 4.78 is 22.8. The first-order valence-electron chi connectivity index (χ1n) is 6.78. The molecule has 0 aliphatic carbocycles. The van der Waals surface area contributed by atoms with Crippen LogP contribution in [0, 0.1) is 5.92 Å². The van der Waals surface area contributed by atoms with Crippen LogP contribution in [0.1, 0.15) is 12.0 Å². The maximum atomic E-state index is 11.4. The van der Waals surface area contributed by atoms with Gasteiger partial charge in [0.05, 0.1) is 11.5 Å². The fourth-order valence-electron chi connectivity index (χ4n) is 2.85. The number of hydrogen-bond acceptors (Lipinski definition) is 4. The van der Waals surface area contributed by atoms with Crippen molar-refractivity contribution in [3.8, 4) is 0 Å². The molecule has 19 heavy (non-hydrogen) atoms. The monoisotopic (exact) mass is 297 g/mol. The van der Waals surface area contributed by atoms with Crippen molar-refractivity contribution in [2.75, 3.05) is 24.6 Å². The average Bonchev–Trinajstić information content (AvgIpc) is 2.92. The molecule has 0 bridgehead atoms. The Balaban J connectivity index is 1.43. The molecule has 0 aromatic heterocycles. The molecule has 2 aliphatic heterocycles. The molecule has 3 nitrogen and oxygen atoms in total. The molecule has 1 N–H and O–H groups in total. The SMILES string of the molecule is O=S1(=O)CCC(CNCC2Cc3ccccc3S2)C1. The Morgan fingerprint density at radius 1 is 1.26 bits per heavy atom. The molecule has 1 aromatic rings. The van der Waals surface area contributed by atoms with Crippen LogP contribution < -0.4 is 5.32 Å². The van der Waals surface area contributed by atoms with Gasteiger partial charge in [0.2, 0.25) is 0 Å². The lowest BCUT2D eigenvalue weighted by molar-refractivity contribution is 0.519. The van der Waals surface area contributed by atoms with E-state index < -0.39 is 9.84 Å². The number of fused-ring (bicyclic) bond motifs is 1. The first-order valence-corrected chi connectivity index (χ1v) is 9.48. The Morgan fingerprint density at radius 3 is 2.84 bits per heavy atom. The van der Waals surface area contributed by atoms with E-state index in [-0.39, 0.29) is 0 Å². The predicted octanol–water partition coefficient (Wildman–Crippen LogP) is 1.73. The van der Waals surface area contributed by atoms with Crippen molar-refractivity contribution in [3.05, 3.63) is 29.8 Å². The third kappa shape index (κ3) is 3.33. The van der Waals surface area contributed by atoms with Gasteiger partial charge in [-0.15, -0.1) is 11.8 Å². The van der Waals surface area contributed by atoms with E-state index in [1.54, 1.807) is 0 Å². The van der Waals surface area contributed by atoms with Gasteiger partial charge in [0, 0.05) is 16.7 Å². The van der Waals surface area contributed by atoms with Gasteiger partial charge in [-0.05, 0) is 36.9 Å². The normalized spacial score (nSPS) is 28.4. The predicted molar refractivity (Wildman–Crippen MR) is 79.4 cm³/mol. The minimum Gasteiger partial charge on any atom is -0.315 e. The lowest BCUT2D eigenvalue weighted by Crippen LogP contribution is -2.29. The van der Waals surface area contributed by atoms with Crippen LogP contribution in [0.25, 0.3) is 0 Å². The molecule has 0 radical (unpaired) electrons. The number of benzene rings is 1. The zero-order valence-corrected chi connectivity index (χ0v) is 12.5. The van der Waals surface area contributed by atoms with Gasteiger partial charge >= 0.3 is 0 Å². The number of nitrogens with one attached hydrogen (secondary N) is 1. The summed E-state index contributed by atoms with van der Waals surface area (Å²) >= 11 is 1.94. The summed E-state index contributed by atoms with van der Waals surface area (Å²) in [6.07, 6.45) is 1.95. The summed E-state index contributed by atoms with van der Waals surface area (Å²) in [7, 11) is -2.73. The molecule has 5 heteroatoms. The lowest BCUT2D eigenvalue weighted by Gasteiger charge is -2.13. The average molecular weight is 297 g/mol. The molecular formula is C14H19NO2S2. The molecule has 2 unspecified atom stereocenters. The first kappa shape index (κ1) is 13.5. The third-order valence-electron chi connectivity index (χ3n) is 3.85. The zero-order chi connectivity index (χ0) is 13.3. The van der Waals surface area contributed by atoms with Crippen molar-refractivity contribution >= 4 is 21.6 Å². The van der Waals surface area contributed by atoms with Crippen LogP contribution in [0.15, 0.2) is 29.2 Å². The smallest absolute Gasteiger partial charge is 0.150 e. The fraction of sp³-hybridized carbons (Fsp3) is 0.571. The van der Waals surface area contributed by atoms with Crippen molar-refractivity contribution in [1.82, 2.24) is 5.32 Å². The van der Waals surface area contributed by atoms with Crippen molar-refractivity contribution in [3.63, 3.8) is 0 Å². The molecule has 2 atom stereocenters. The van der Waals surface area contributed by atoms with E-state index >= 15 is 0 Å². The van der Waals surface area contributed by atoms with Crippen molar-refractivity contribution in [1.29, 1.82) is 0 Å². The van der Waals surface area contributed by atoms with Gasteiger partial charge in [0.1, 0.15) is 0 Å². The highest BCUT2D eigenvalue weighted by molar-refractivity contribution is 8.00. The molecule has 2 heterocycles. The van der Waals surface area contributed by atoms with Crippen molar-refractivity contribution in [2.45, 2.75) is 23.0 Å². The summed E-state index contributed by atoms with van der Waals surface area (Å²) in [5, 5.41) is 4.05. The molecule has 1 saturated heterocycles. The van der Waals surface area contributed by atoms with E-state index in [2.05, 4.69) is 29.6 Å². The van der Waals surface area contributed by atoms with Crippen LogP contribution in [0.3, 0.4) is 0 Å². The van der Waals surface area contributed by atoms with Gasteiger partial charge < -0.3 is 5.32 Å². The zero-order valence-electron chi connectivity index (χ0n) is 10.8. The van der Waals surface area contributed by atoms with Crippen molar-refractivity contribution in [2.24, 2.45) is 5.92 Å². The van der Waals surface area contributed by atoms with E-state index in [0.717, 1.165) is 25.9 Å². The van der Waals surface area contributed by atoms with Crippen LogP contribution in [0.5, 0.6) is 0 Å². The Kier molecular flexibility index (Phi) is 3.87. The summed E-state index contributed by atoms with van der Waals surface area (Å²) in [6, 6.07) is 8.57. The van der Waals surface area contributed by atoms with E-state index in [1.165, 1.54) is 10.5 Å². The highest BCUT2D eigenvalue weighted by Crippen LogP contribution is 2.36. The van der Waals surface area contributed by atoms with Crippen LogP contribution in [0.2, 0.25) is 0 Å². The number of rotatable bonds is 4. The highest BCUT2D eigenvalue weighted by atomic mass is 32.2. The second-order valence-corrected chi connectivity index (χ2v) is 9.05. The second kappa shape index (κ2) is 5.46. The summed E-state index contributed by atoms with van der Waals surface area (Å²) in [5.74, 6) is 1.07. The molecule has 3 rings (SSSR count). The Labute approximate surface area is 119 Å².